The normalized spacial score (nSPS) is 35.1. The molecule has 3 heteroatoms. The van der Waals surface area contributed by atoms with Crippen LogP contribution in [0.3, 0.4) is 0 Å². The Morgan fingerprint density at radius 3 is 3.00 bits per heavy atom. The largest absolute Gasteiger partial charge is 0.487 e. The molecule has 1 N–H and O–H groups in total. The Kier molecular flexibility index (Phi) is 3.15. The second kappa shape index (κ2) is 4.53. The van der Waals surface area contributed by atoms with Gasteiger partial charge in [0.25, 0.3) is 0 Å². The molecule has 0 saturated heterocycles. The van der Waals surface area contributed by atoms with Crippen molar-refractivity contribution in [3.8, 4) is 5.75 Å². The summed E-state index contributed by atoms with van der Waals surface area (Å²) in [6, 6.07) is 5.93. The number of ether oxygens (including phenoxy) is 1. The van der Waals surface area contributed by atoms with E-state index in [9.17, 15) is 5.11 Å². The van der Waals surface area contributed by atoms with E-state index in [0.717, 1.165) is 28.6 Å². The highest BCUT2D eigenvalue weighted by Gasteiger charge is 2.45. The zero-order valence-electron chi connectivity index (χ0n) is 10.7. The van der Waals surface area contributed by atoms with Crippen molar-refractivity contribution in [1.29, 1.82) is 0 Å². The predicted molar refractivity (Wildman–Crippen MR) is 74.7 cm³/mol. The second-order valence-corrected chi connectivity index (χ2v) is 6.63. The lowest BCUT2D eigenvalue weighted by Gasteiger charge is -2.47. The van der Waals surface area contributed by atoms with Crippen molar-refractivity contribution >= 4 is 15.9 Å². The first-order chi connectivity index (χ1) is 8.61. The van der Waals surface area contributed by atoms with Gasteiger partial charge in [0.2, 0.25) is 0 Å². The molecule has 1 fully saturated rings. The highest BCUT2D eigenvalue weighted by atomic mass is 79.9. The molecule has 2 nitrogen and oxygen atoms in total. The Balaban J connectivity index is 1.98. The van der Waals surface area contributed by atoms with Crippen molar-refractivity contribution in [2.24, 2.45) is 5.92 Å². The minimum absolute atomic E-state index is 0.140. The summed E-state index contributed by atoms with van der Waals surface area (Å²) < 4.78 is 7.31. The summed E-state index contributed by atoms with van der Waals surface area (Å²) >= 11 is 3.45. The Labute approximate surface area is 116 Å². The first kappa shape index (κ1) is 12.5. The Morgan fingerprint density at radius 2 is 2.22 bits per heavy atom. The number of rotatable bonds is 0. The third-order valence-corrected chi connectivity index (χ3v) is 5.06. The van der Waals surface area contributed by atoms with Crippen molar-refractivity contribution in [3.05, 3.63) is 28.2 Å². The van der Waals surface area contributed by atoms with Gasteiger partial charge in [-0.1, -0.05) is 29.3 Å². The Hall–Kier alpha value is -0.540. The minimum Gasteiger partial charge on any atom is -0.487 e. The molecule has 1 aromatic carbocycles. The minimum atomic E-state index is -0.396. The van der Waals surface area contributed by atoms with Gasteiger partial charge < -0.3 is 9.84 Å². The van der Waals surface area contributed by atoms with Gasteiger partial charge in [-0.3, -0.25) is 0 Å². The van der Waals surface area contributed by atoms with E-state index in [2.05, 4.69) is 22.9 Å². The number of aliphatic hydroxyl groups excluding tert-OH is 1. The topological polar surface area (TPSA) is 29.5 Å². The number of halogens is 1. The van der Waals surface area contributed by atoms with Gasteiger partial charge in [-0.15, -0.1) is 0 Å². The number of fused-ring (bicyclic) bond motifs is 1. The standard InChI is InChI=1S/C15H19BrO2/c1-10-4-2-3-7-15(10)9-13(17)12-8-11(16)5-6-14(12)18-15/h5-6,8,10,13,17H,2-4,7,9H2,1H3. The van der Waals surface area contributed by atoms with Gasteiger partial charge in [0, 0.05) is 16.5 Å². The van der Waals surface area contributed by atoms with E-state index < -0.39 is 6.10 Å². The monoisotopic (exact) mass is 310 g/mol. The fraction of sp³-hybridized carbons (Fsp3) is 0.600. The average Bonchev–Trinajstić information content (AvgIpc) is 2.34. The molecule has 1 saturated carbocycles. The first-order valence-electron chi connectivity index (χ1n) is 6.77. The van der Waals surface area contributed by atoms with E-state index in [4.69, 9.17) is 4.74 Å². The van der Waals surface area contributed by atoms with Crippen LogP contribution >= 0.6 is 15.9 Å². The smallest absolute Gasteiger partial charge is 0.126 e. The SMILES string of the molecule is CC1CCCCC12CC(O)c1cc(Br)ccc1O2. The van der Waals surface area contributed by atoms with Crippen molar-refractivity contribution < 1.29 is 9.84 Å². The van der Waals surface area contributed by atoms with Gasteiger partial charge in [0.05, 0.1) is 6.10 Å². The van der Waals surface area contributed by atoms with Crippen molar-refractivity contribution in [2.75, 3.05) is 0 Å². The number of hydrogen-bond acceptors (Lipinski definition) is 2. The number of hydrogen-bond donors (Lipinski definition) is 1. The fourth-order valence-electron chi connectivity index (χ4n) is 3.41. The van der Waals surface area contributed by atoms with Crippen LogP contribution in [0.2, 0.25) is 0 Å². The van der Waals surface area contributed by atoms with E-state index >= 15 is 0 Å². The lowest BCUT2D eigenvalue weighted by Crippen LogP contribution is -2.48. The van der Waals surface area contributed by atoms with Gasteiger partial charge in [-0.25, -0.2) is 0 Å². The molecule has 1 aliphatic carbocycles. The van der Waals surface area contributed by atoms with E-state index in [1.807, 2.05) is 18.2 Å². The third-order valence-electron chi connectivity index (χ3n) is 4.57. The Morgan fingerprint density at radius 1 is 1.39 bits per heavy atom. The van der Waals surface area contributed by atoms with Gasteiger partial charge in [-0.05, 0) is 43.4 Å². The van der Waals surface area contributed by atoms with Crippen molar-refractivity contribution in [3.63, 3.8) is 0 Å². The first-order valence-corrected chi connectivity index (χ1v) is 7.56. The molecule has 18 heavy (non-hydrogen) atoms. The van der Waals surface area contributed by atoms with Crippen LogP contribution in [0, 0.1) is 5.92 Å². The molecule has 98 valence electrons. The molecular formula is C15H19BrO2. The number of benzene rings is 1. The zero-order chi connectivity index (χ0) is 12.8. The summed E-state index contributed by atoms with van der Waals surface area (Å²) in [6.07, 6.45) is 5.11. The maximum atomic E-state index is 10.4. The van der Waals surface area contributed by atoms with Crippen LogP contribution in [0.25, 0.3) is 0 Å². The quantitative estimate of drug-likeness (QED) is 0.777. The molecule has 3 rings (SSSR count). The van der Waals surface area contributed by atoms with Crippen LogP contribution in [-0.4, -0.2) is 10.7 Å². The highest BCUT2D eigenvalue weighted by Crippen LogP contribution is 2.48. The summed E-state index contributed by atoms with van der Waals surface area (Å²) in [7, 11) is 0. The zero-order valence-corrected chi connectivity index (χ0v) is 12.2. The van der Waals surface area contributed by atoms with E-state index in [1.54, 1.807) is 0 Å². The van der Waals surface area contributed by atoms with Crippen LogP contribution < -0.4 is 4.74 Å². The molecule has 2 aliphatic rings. The molecule has 1 aromatic rings. The van der Waals surface area contributed by atoms with E-state index in [1.165, 1.54) is 19.3 Å². The third kappa shape index (κ3) is 1.97. The van der Waals surface area contributed by atoms with Gasteiger partial charge in [0.1, 0.15) is 11.4 Å². The van der Waals surface area contributed by atoms with Crippen molar-refractivity contribution in [1.82, 2.24) is 0 Å². The summed E-state index contributed by atoms with van der Waals surface area (Å²) in [6.45, 7) is 2.26. The molecule has 1 heterocycles. The molecule has 1 aliphatic heterocycles. The Bertz CT molecular complexity index is 460. The molecule has 3 unspecified atom stereocenters. The fourth-order valence-corrected chi connectivity index (χ4v) is 3.79. The molecule has 0 amide bonds. The van der Waals surface area contributed by atoms with E-state index in [0.29, 0.717) is 5.92 Å². The van der Waals surface area contributed by atoms with Crippen molar-refractivity contribution in [2.45, 2.75) is 50.7 Å². The molecule has 3 atom stereocenters. The molecule has 0 aromatic heterocycles. The molecular weight excluding hydrogens is 292 g/mol. The second-order valence-electron chi connectivity index (χ2n) is 5.72. The van der Waals surface area contributed by atoms with E-state index in [-0.39, 0.29) is 5.60 Å². The van der Waals surface area contributed by atoms with Gasteiger partial charge >= 0.3 is 0 Å². The summed E-state index contributed by atoms with van der Waals surface area (Å²) in [5.41, 5.74) is 0.783. The van der Waals surface area contributed by atoms with Crippen LogP contribution in [-0.2, 0) is 0 Å². The van der Waals surface area contributed by atoms with Crippen LogP contribution in [0.5, 0.6) is 5.75 Å². The lowest BCUT2D eigenvalue weighted by molar-refractivity contribution is -0.0717. The molecule has 0 bridgehead atoms. The summed E-state index contributed by atoms with van der Waals surface area (Å²) in [4.78, 5) is 0. The predicted octanol–water partition coefficient (Wildman–Crippen LogP) is 4.21. The van der Waals surface area contributed by atoms with Gasteiger partial charge in [-0.2, -0.15) is 0 Å². The van der Waals surface area contributed by atoms with Crippen LogP contribution in [0.4, 0.5) is 0 Å². The molecule has 0 radical (unpaired) electrons. The maximum absolute atomic E-state index is 10.4. The average molecular weight is 311 g/mol. The summed E-state index contributed by atoms with van der Waals surface area (Å²) in [5, 5.41) is 10.4. The lowest BCUT2D eigenvalue weighted by atomic mass is 9.71. The van der Waals surface area contributed by atoms with Crippen LogP contribution in [0.1, 0.15) is 50.7 Å². The maximum Gasteiger partial charge on any atom is 0.126 e. The highest BCUT2D eigenvalue weighted by molar-refractivity contribution is 9.10. The summed E-state index contributed by atoms with van der Waals surface area (Å²) in [5.74, 6) is 1.39. The molecule has 1 spiro atoms. The van der Waals surface area contributed by atoms with Crippen LogP contribution in [0.15, 0.2) is 22.7 Å². The van der Waals surface area contributed by atoms with Gasteiger partial charge in [0.15, 0.2) is 0 Å². The number of aliphatic hydroxyl groups is 1.